The molecular weight excluding hydrogens is 228 g/mol. The number of nitrogen functional groups attached to an aromatic ring is 1. The van der Waals surface area contributed by atoms with Gasteiger partial charge in [-0.25, -0.2) is 0 Å². The summed E-state index contributed by atoms with van der Waals surface area (Å²) in [5.41, 5.74) is 6.30. The van der Waals surface area contributed by atoms with Gasteiger partial charge in [-0.05, 0) is 25.5 Å². The van der Waals surface area contributed by atoms with Gasteiger partial charge in [0.15, 0.2) is 0 Å². The lowest BCUT2D eigenvalue weighted by Crippen LogP contribution is -2.35. The number of nitrogens with zero attached hydrogens (tertiary/aromatic N) is 1. The van der Waals surface area contributed by atoms with Crippen molar-refractivity contribution in [2.45, 2.75) is 32.7 Å². The Bertz CT molecular complexity index is 393. The Hall–Kier alpha value is -1.71. The van der Waals surface area contributed by atoms with Crippen LogP contribution in [0.5, 0.6) is 5.75 Å². The minimum atomic E-state index is 0.105. The largest absolute Gasteiger partial charge is 0.493 e. The zero-order chi connectivity index (χ0) is 13.5. The highest BCUT2D eigenvalue weighted by atomic mass is 16.5. The van der Waals surface area contributed by atoms with Crippen molar-refractivity contribution in [3.05, 3.63) is 24.3 Å². The predicted molar refractivity (Wildman–Crippen MR) is 73.5 cm³/mol. The van der Waals surface area contributed by atoms with Gasteiger partial charge in [-0.3, -0.25) is 4.79 Å². The first-order valence-electron chi connectivity index (χ1n) is 6.28. The molecule has 0 aliphatic carbocycles. The third-order valence-electron chi connectivity index (χ3n) is 3.09. The van der Waals surface area contributed by atoms with Crippen molar-refractivity contribution in [3.8, 4) is 5.75 Å². The van der Waals surface area contributed by atoms with Crippen LogP contribution in [0.4, 0.5) is 5.69 Å². The number of hydrogen-bond acceptors (Lipinski definition) is 3. The maximum Gasteiger partial charge on any atom is 0.225 e. The Kier molecular flexibility index (Phi) is 5.49. The van der Waals surface area contributed by atoms with Crippen molar-refractivity contribution in [1.29, 1.82) is 0 Å². The predicted octanol–water partition coefficient (Wildman–Crippen LogP) is 2.29. The molecule has 0 radical (unpaired) electrons. The van der Waals surface area contributed by atoms with Gasteiger partial charge in [0.25, 0.3) is 0 Å². The van der Waals surface area contributed by atoms with E-state index in [4.69, 9.17) is 10.5 Å². The van der Waals surface area contributed by atoms with E-state index in [1.807, 2.05) is 26.1 Å². The molecule has 4 heteroatoms. The van der Waals surface area contributed by atoms with E-state index in [0.29, 0.717) is 24.5 Å². The SMILES string of the molecule is CCC(C)N(C)C(=O)CCOc1cccc(N)c1. The number of nitrogens with two attached hydrogens (primary N) is 1. The Morgan fingerprint density at radius 2 is 2.22 bits per heavy atom. The van der Waals surface area contributed by atoms with Crippen LogP contribution in [-0.2, 0) is 4.79 Å². The van der Waals surface area contributed by atoms with Crippen LogP contribution in [0, 0.1) is 0 Å². The van der Waals surface area contributed by atoms with Crippen molar-refractivity contribution in [3.63, 3.8) is 0 Å². The van der Waals surface area contributed by atoms with Crippen LogP contribution in [0.25, 0.3) is 0 Å². The molecule has 1 rings (SSSR count). The van der Waals surface area contributed by atoms with Crippen LogP contribution in [0.3, 0.4) is 0 Å². The molecule has 100 valence electrons. The minimum Gasteiger partial charge on any atom is -0.493 e. The molecule has 1 aromatic rings. The molecule has 0 aliphatic rings. The fraction of sp³-hybridized carbons (Fsp3) is 0.500. The van der Waals surface area contributed by atoms with Crippen molar-refractivity contribution in [1.82, 2.24) is 4.90 Å². The number of carbonyl (C=O) groups excluding carboxylic acids is 1. The summed E-state index contributed by atoms with van der Waals surface area (Å²) >= 11 is 0. The van der Waals surface area contributed by atoms with Crippen LogP contribution in [0.2, 0.25) is 0 Å². The van der Waals surface area contributed by atoms with Gasteiger partial charge in [-0.15, -0.1) is 0 Å². The molecule has 0 bridgehead atoms. The topological polar surface area (TPSA) is 55.6 Å². The molecular formula is C14H22N2O2. The molecule has 0 heterocycles. The molecule has 1 amide bonds. The van der Waals surface area contributed by atoms with E-state index in [1.54, 1.807) is 17.0 Å². The summed E-state index contributed by atoms with van der Waals surface area (Å²) in [7, 11) is 1.83. The molecule has 4 nitrogen and oxygen atoms in total. The standard InChI is InChI=1S/C14H22N2O2/c1-4-11(2)16(3)14(17)8-9-18-13-7-5-6-12(15)10-13/h5-7,10-11H,4,8-9,15H2,1-3H3. The highest BCUT2D eigenvalue weighted by Gasteiger charge is 2.13. The lowest BCUT2D eigenvalue weighted by molar-refractivity contribution is -0.132. The molecule has 2 N–H and O–H groups in total. The number of rotatable bonds is 6. The first-order chi connectivity index (χ1) is 8.54. The number of amides is 1. The number of ether oxygens (including phenoxy) is 1. The molecule has 1 aromatic carbocycles. The number of carbonyl (C=O) groups is 1. The molecule has 0 fully saturated rings. The second-order valence-electron chi connectivity index (χ2n) is 4.43. The van der Waals surface area contributed by atoms with Crippen LogP contribution in [-0.4, -0.2) is 30.5 Å². The second kappa shape index (κ2) is 6.89. The van der Waals surface area contributed by atoms with Crippen molar-refractivity contribution < 1.29 is 9.53 Å². The second-order valence-corrected chi connectivity index (χ2v) is 4.43. The third kappa shape index (κ3) is 4.28. The summed E-state index contributed by atoms with van der Waals surface area (Å²) in [4.78, 5) is 13.6. The first-order valence-corrected chi connectivity index (χ1v) is 6.28. The Balaban J connectivity index is 2.36. The van der Waals surface area contributed by atoms with Crippen molar-refractivity contribution >= 4 is 11.6 Å². The minimum absolute atomic E-state index is 0.105. The van der Waals surface area contributed by atoms with E-state index < -0.39 is 0 Å². The van der Waals surface area contributed by atoms with Crippen LogP contribution < -0.4 is 10.5 Å². The van der Waals surface area contributed by atoms with Gasteiger partial charge in [0.05, 0.1) is 13.0 Å². The summed E-state index contributed by atoms with van der Waals surface area (Å²) < 4.78 is 5.49. The molecule has 0 aliphatic heterocycles. The summed E-state index contributed by atoms with van der Waals surface area (Å²) in [6.45, 7) is 4.48. The molecule has 1 atom stereocenters. The maximum absolute atomic E-state index is 11.8. The van der Waals surface area contributed by atoms with Gasteiger partial charge in [0.2, 0.25) is 5.91 Å². The number of anilines is 1. The number of hydrogen-bond donors (Lipinski definition) is 1. The van der Waals surface area contributed by atoms with Gasteiger partial charge in [-0.1, -0.05) is 13.0 Å². The highest BCUT2D eigenvalue weighted by Crippen LogP contribution is 2.14. The van der Waals surface area contributed by atoms with Gasteiger partial charge in [0, 0.05) is 24.8 Å². The van der Waals surface area contributed by atoms with E-state index in [0.717, 1.165) is 6.42 Å². The van der Waals surface area contributed by atoms with E-state index in [9.17, 15) is 4.79 Å². The average Bonchev–Trinajstić information content (AvgIpc) is 2.36. The Morgan fingerprint density at radius 3 is 2.83 bits per heavy atom. The Morgan fingerprint density at radius 1 is 1.50 bits per heavy atom. The fourth-order valence-electron chi connectivity index (χ4n) is 1.56. The lowest BCUT2D eigenvalue weighted by Gasteiger charge is -2.23. The fourth-order valence-corrected chi connectivity index (χ4v) is 1.56. The molecule has 0 spiro atoms. The first kappa shape index (κ1) is 14.4. The van der Waals surface area contributed by atoms with E-state index >= 15 is 0 Å². The lowest BCUT2D eigenvalue weighted by atomic mass is 10.2. The third-order valence-corrected chi connectivity index (χ3v) is 3.09. The zero-order valence-corrected chi connectivity index (χ0v) is 11.3. The summed E-state index contributed by atoms with van der Waals surface area (Å²) in [6, 6.07) is 7.49. The van der Waals surface area contributed by atoms with Crippen LogP contribution in [0.15, 0.2) is 24.3 Å². The summed E-state index contributed by atoms with van der Waals surface area (Å²) in [5, 5.41) is 0. The van der Waals surface area contributed by atoms with Gasteiger partial charge in [0.1, 0.15) is 5.75 Å². The number of benzene rings is 1. The zero-order valence-electron chi connectivity index (χ0n) is 11.3. The maximum atomic E-state index is 11.8. The molecule has 0 saturated carbocycles. The summed E-state index contributed by atoms with van der Waals surface area (Å²) in [5.74, 6) is 0.808. The molecule has 0 saturated heterocycles. The average molecular weight is 250 g/mol. The van der Waals surface area contributed by atoms with Crippen molar-refractivity contribution in [2.24, 2.45) is 0 Å². The highest BCUT2D eigenvalue weighted by molar-refractivity contribution is 5.76. The van der Waals surface area contributed by atoms with Crippen LogP contribution >= 0.6 is 0 Å². The summed E-state index contributed by atoms with van der Waals surface area (Å²) in [6.07, 6.45) is 1.34. The van der Waals surface area contributed by atoms with Gasteiger partial charge < -0.3 is 15.4 Å². The smallest absolute Gasteiger partial charge is 0.225 e. The Labute approximate surface area is 109 Å². The molecule has 18 heavy (non-hydrogen) atoms. The van der Waals surface area contributed by atoms with E-state index in [1.165, 1.54) is 0 Å². The monoisotopic (exact) mass is 250 g/mol. The van der Waals surface area contributed by atoms with E-state index in [2.05, 4.69) is 6.92 Å². The molecule has 1 unspecified atom stereocenters. The van der Waals surface area contributed by atoms with E-state index in [-0.39, 0.29) is 11.9 Å². The van der Waals surface area contributed by atoms with Crippen LogP contribution in [0.1, 0.15) is 26.7 Å². The van der Waals surface area contributed by atoms with Gasteiger partial charge >= 0.3 is 0 Å². The normalized spacial score (nSPS) is 11.9. The van der Waals surface area contributed by atoms with Crippen molar-refractivity contribution in [2.75, 3.05) is 19.4 Å². The van der Waals surface area contributed by atoms with Gasteiger partial charge in [-0.2, -0.15) is 0 Å². The molecule has 0 aromatic heterocycles. The quantitative estimate of drug-likeness (QED) is 0.788.